The molecule has 2 aliphatic rings. The largest absolute Gasteiger partial charge is 4.00 e. The van der Waals surface area contributed by atoms with Gasteiger partial charge in [0.25, 0.3) is 0 Å². The monoisotopic (exact) mass is 430 g/mol. The first-order chi connectivity index (χ1) is 9.15. The molecule has 0 aromatic carbocycles. The first-order valence-corrected chi connectivity index (χ1v) is 10.1. The van der Waals surface area contributed by atoms with Crippen molar-refractivity contribution in [2.75, 3.05) is 0 Å². The third-order valence-corrected chi connectivity index (χ3v) is 10.5. The summed E-state index contributed by atoms with van der Waals surface area (Å²) in [6, 6.07) is 2.77. The van der Waals surface area contributed by atoms with Crippen LogP contribution in [-0.4, -0.2) is 8.07 Å². The first kappa shape index (κ1) is 24.9. The second-order valence-corrected chi connectivity index (χ2v) is 10.1. The summed E-state index contributed by atoms with van der Waals surface area (Å²) in [6.45, 7) is 9.22. The summed E-state index contributed by atoms with van der Waals surface area (Å²) in [6.07, 6.45) is 16.7. The Morgan fingerprint density at radius 3 is 1.45 bits per heavy atom. The van der Waals surface area contributed by atoms with Crippen LogP contribution in [0.1, 0.15) is 53.4 Å². The summed E-state index contributed by atoms with van der Waals surface area (Å²) >= 11 is 0. The van der Waals surface area contributed by atoms with Crippen molar-refractivity contribution >= 4 is 8.07 Å². The molecule has 0 atom stereocenters. The smallest absolute Gasteiger partial charge is 1.00 e. The zero-order valence-corrected chi connectivity index (χ0v) is 19.1. The average molecular weight is 433 g/mol. The predicted molar refractivity (Wildman–Crippen MR) is 86.2 cm³/mol. The molecule has 4 heteroatoms. The van der Waals surface area contributed by atoms with Gasteiger partial charge in [-0.15, -0.1) is 12.8 Å². The fourth-order valence-electron chi connectivity index (χ4n) is 3.88. The van der Waals surface area contributed by atoms with Gasteiger partial charge in [-0.3, -0.25) is 12.2 Å². The third-order valence-electron chi connectivity index (χ3n) is 4.54. The molecule has 0 aromatic rings. The molecule has 0 amide bonds. The Morgan fingerprint density at radius 2 is 1.23 bits per heavy atom. The maximum absolute atomic E-state index is 3.53. The van der Waals surface area contributed by atoms with Gasteiger partial charge in [0.15, 0.2) is 0 Å². The minimum atomic E-state index is -1.53. The molecule has 0 N–H and O–H groups in total. The summed E-state index contributed by atoms with van der Waals surface area (Å²) < 4.78 is 0. The Labute approximate surface area is 169 Å². The van der Waals surface area contributed by atoms with Crippen molar-refractivity contribution < 1.29 is 51.0 Å². The van der Waals surface area contributed by atoms with E-state index in [-0.39, 0.29) is 51.0 Å². The molecule has 0 unspecified atom stereocenters. The van der Waals surface area contributed by atoms with Crippen molar-refractivity contribution in [1.82, 2.24) is 0 Å². The van der Waals surface area contributed by atoms with Crippen molar-refractivity contribution in [2.24, 2.45) is 0 Å². The van der Waals surface area contributed by atoms with Crippen molar-refractivity contribution in [1.29, 1.82) is 0 Å². The fraction of sp³-hybridized carbons (Fsp3) is 0.556. The van der Waals surface area contributed by atoms with E-state index in [2.05, 4.69) is 52.0 Å². The summed E-state index contributed by atoms with van der Waals surface area (Å²) in [4.78, 5) is 0. The van der Waals surface area contributed by atoms with Crippen LogP contribution in [0, 0.1) is 12.2 Å². The molecule has 0 aromatic heterocycles. The van der Waals surface area contributed by atoms with E-state index >= 15 is 0 Å². The summed E-state index contributed by atoms with van der Waals surface area (Å²) in [5.41, 5.74) is 2.88. The number of allylic oxidation sites excluding steroid dienone is 8. The van der Waals surface area contributed by atoms with Gasteiger partial charge >= 0.3 is 26.2 Å². The molecule has 22 heavy (non-hydrogen) atoms. The summed E-state index contributed by atoms with van der Waals surface area (Å²) in [7, 11) is -1.53. The molecule has 120 valence electrons. The Bertz CT molecular complexity index is 431. The maximum atomic E-state index is 3.53. The molecule has 0 nitrogen and oxygen atoms in total. The molecule has 2 rings (SSSR count). The molecule has 0 bridgehead atoms. The van der Waals surface area contributed by atoms with E-state index in [0.29, 0.717) is 0 Å². The number of rotatable bonds is 6. The van der Waals surface area contributed by atoms with Crippen LogP contribution in [0.2, 0.25) is 12.1 Å². The van der Waals surface area contributed by atoms with Gasteiger partial charge < -0.3 is 24.8 Å². The van der Waals surface area contributed by atoms with E-state index in [1.54, 1.807) is 10.4 Å². The van der Waals surface area contributed by atoms with Crippen molar-refractivity contribution in [3.05, 3.63) is 45.8 Å². The van der Waals surface area contributed by atoms with Crippen LogP contribution in [0.3, 0.4) is 0 Å². The molecule has 0 heterocycles. The van der Waals surface area contributed by atoms with Crippen LogP contribution in [0.4, 0.5) is 0 Å². The molecule has 2 aliphatic carbocycles. The van der Waals surface area contributed by atoms with E-state index in [0.717, 1.165) is 12.8 Å². The van der Waals surface area contributed by atoms with Crippen LogP contribution in [0.5, 0.6) is 0 Å². The molecule has 0 saturated carbocycles. The number of halogens is 2. The molecule has 0 fully saturated rings. The zero-order valence-electron chi connectivity index (χ0n) is 14.2. The van der Waals surface area contributed by atoms with Gasteiger partial charge in [0.2, 0.25) is 0 Å². The molecule has 0 radical (unpaired) electrons. The second-order valence-electron chi connectivity index (χ2n) is 5.83. The quantitative estimate of drug-likeness (QED) is 0.392. The van der Waals surface area contributed by atoms with Gasteiger partial charge in [-0.05, 0) is 0 Å². The zero-order chi connectivity index (χ0) is 13.9. The van der Waals surface area contributed by atoms with Crippen LogP contribution < -0.4 is 24.8 Å². The number of hydrogen-bond acceptors (Lipinski definition) is 0. The standard InChI is InChI=1S/C18H26Si.2ClH.Zr/c1-5-13-19(14-6-2,17-11-7-9-15(17)3)18-12-8-10-16(18)4;;;/h11-12H,5-8,13-14H2,1-4H3;2*1H;/q-2;;;+4/p-2. The Kier molecular flexibility index (Phi) is 12.7. The summed E-state index contributed by atoms with van der Waals surface area (Å²) in [5, 5.41) is 3.37. The van der Waals surface area contributed by atoms with Gasteiger partial charge in [0.05, 0.1) is 0 Å². The SMILES string of the molecule is CCC[Si](CCC)(C1=CC[C-]=C1C)C1=CC[C-]=C1C.[Cl-].[Cl-].[Zr+4]. The van der Waals surface area contributed by atoms with Crippen molar-refractivity contribution in [3.63, 3.8) is 0 Å². The molecule has 0 spiro atoms. The minimum absolute atomic E-state index is 0. The van der Waals surface area contributed by atoms with Gasteiger partial charge in [-0.25, -0.2) is 21.5 Å². The topological polar surface area (TPSA) is 0 Å². The summed E-state index contributed by atoms with van der Waals surface area (Å²) in [5.74, 6) is 0. The van der Waals surface area contributed by atoms with Crippen molar-refractivity contribution in [2.45, 2.75) is 65.5 Å². The minimum Gasteiger partial charge on any atom is -1.00 e. The fourth-order valence-corrected chi connectivity index (χ4v) is 9.80. The molecular formula is C18H26Cl2SiZr. The van der Waals surface area contributed by atoms with Gasteiger partial charge in [-0.2, -0.15) is 12.2 Å². The first-order valence-electron chi connectivity index (χ1n) is 7.72. The van der Waals surface area contributed by atoms with Gasteiger partial charge in [0.1, 0.15) is 0 Å². The van der Waals surface area contributed by atoms with E-state index in [1.807, 2.05) is 0 Å². The van der Waals surface area contributed by atoms with Crippen LogP contribution in [-0.2, 0) is 26.2 Å². The van der Waals surface area contributed by atoms with Crippen LogP contribution in [0.15, 0.2) is 33.7 Å². The van der Waals surface area contributed by atoms with E-state index < -0.39 is 8.07 Å². The Morgan fingerprint density at radius 1 is 0.864 bits per heavy atom. The van der Waals surface area contributed by atoms with Gasteiger partial charge in [0, 0.05) is 0 Å². The third kappa shape index (κ3) is 4.82. The second kappa shape index (κ2) is 11.2. The van der Waals surface area contributed by atoms with Crippen molar-refractivity contribution in [3.8, 4) is 0 Å². The predicted octanol–water partition coefficient (Wildman–Crippen LogP) is -0.502. The van der Waals surface area contributed by atoms with E-state index in [9.17, 15) is 0 Å². The number of hydrogen-bond donors (Lipinski definition) is 0. The normalized spacial score (nSPS) is 16.5. The Hall–Kier alpha value is 0.640. The van der Waals surface area contributed by atoms with E-state index in [1.165, 1.54) is 36.1 Å². The average Bonchev–Trinajstić information content (AvgIpc) is 2.98. The van der Waals surface area contributed by atoms with Gasteiger partial charge in [-0.1, -0.05) is 60.7 Å². The van der Waals surface area contributed by atoms with Crippen LogP contribution in [0.25, 0.3) is 0 Å². The molecular weight excluding hydrogens is 406 g/mol. The van der Waals surface area contributed by atoms with E-state index in [4.69, 9.17) is 0 Å². The van der Waals surface area contributed by atoms with Crippen LogP contribution >= 0.6 is 0 Å². The maximum Gasteiger partial charge on any atom is 4.00 e. The molecule has 0 saturated heterocycles. The Balaban J connectivity index is 0. The molecule has 0 aliphatic heterocycles.